The van der Waals surface area contributed by atoms with Gasteiger partial charge in [0.15, 0.2) is 5.60 Å². The molecule has 0 atom stereocenters. The average Bonchev–Trinajstić information content (AvgIpc) is 2.26. The highest BCUT2D eigenvalue weighted by Gasteiger charge is 2.37. The highest BCUT2D eigenvalue weighted by Crippen LogP contribution is 2.27. The quantitative estimate of drug-likeness (QED) is 0.456. The lowest BCUT2D eigenvalue weighted by Gasteiger charge is -2.35. The second-order valence-electron chi connectivity index (χ2n) is 7.38. The molecule has 1 N–H and O–H groups in total. The van der Waals surface area contributed by atoms with Crippen LogP contribution in [0.15, 0.2) is 0 Å². The summed E-state index contributed by atoms with van der Waals surface area (Å²) in [4.78, 5) is 12.2. The van der Waals surface area contributed by atoms with Gasteiger partial charge in [-0.3, -0.25) is 4.79 Å². The van der Waals surface area contributed by atoms with Crippen LogP contribution in [0.5, 0.6) is 0 Å². The maximum Gasteiger partial charge on any atom is 0.312 e. The van der Waals surface area contributed by atoms with E-state index in [2.05, 4.69) is 36.4 Å². The molecule has 108 valence electrons. The minimum absolute atomic E-state index is 0.153. The minimum Gasteiger partial charge on any atom is -0.445 e. The second-order valence-corrected chi connectivity index (χ2v) is 12.1. The molecule has 1 saturated heterocycles. The Morgan fingerprint density at radius 2 is 1.74 bits per heavy atom. The van der Waals surface area contributed by atoms with Gasteiger partial charge >= 0.3 is 5.97 Å². The van der Waals surface area contributed by atoms with E-state index in [1.165, 1.54) is 0 Å². The summed E-state index contributed by atoms with van der Waals surface area (Å²) in [6.07, 6.45) is 1.57. The summed E-state index contributed by atoms with van der Waals surface area (Å²) >= 11 is 0. The van der Waals surface area contributed by atoms with Gasteiger partial charge in [0.2, 0.25) is 0 Å². The van der Waals surface area contributed by atoms with Crippen LogP contribution in [0.4, 0.5) is 0 Å². The molecular weight excluding hydrogens is 254 g/mol. The number of rotatable bonds is 1. The van der Waals surface area contributed by atoms with E-state index in [1.54, 1.807) is 0 Å². The number of carbonyl (C=O) groups excluding carboxylic acids is 1. The lowest BCUT2D eigenvalue weighted by molar-refractivity contribution is -0.165. The third-order valence-corrected chi connectivity index (χ3v) is 3.85. The van der Waals surface area contributed by atoms with E-state index < -0.39 is 19.1 Å². The van der Waals surface area contributed by atoms with Crippen LogP contribution in [0.3, 0.4) is 0 Å². The maximum atomic E-state index is 12.2. The van der Waals surface area contributed by atoms with E-state index in [0.29, 0.717) is 0 Å². The number of nitrogens with one attached hydrogen (secondary N) is 1. The highest BCUT2D eigenvalue weighted by molar-refractivity contribution is 6.83. The smallest absolute Gasteiger partial charge is 0.312 e. The molecule has 19 heavy (non-hydrogen) atoms. The third kappa shape index (κ3) is 5.38. The molecule has 0 radical (unpaired) electrons. The van der Waals surface area contributed by atoms with Gasteiger partial charge in [0.05, 0.1) is 5.41 Å². The van der Waals surface area contributed by atoms with Crippen LogP contribution in [-0.2, 0) is 9.53 Å². The lowest BCUT2D eigenvalue weighted by Crippen LogP contribution is -2.46. The summed E-state index contributed by atoms with van der Waals surface area (Å²) < 4.78 is 5.81. The van der Waals surface area contributed by atoms with E-state index in [1.807, 2.05) is 20.8 Å². The molecule has 1 rings (SSSR count). The molecule has 0 aromatic heterocycles. The molecular formula is C15H27NO2Si. The molecule has 0 aliphatic carbocycles. The van der Waals surface area contributed by atoms with Crippen LogP contribution in [0, 0.1) is 16.9 Å². The zero-order valence-corrected chi connectivity index (χ0v) is 14.1. The SMILES string of the molecule is CC(C)(C)C(=O)OC1(C#C[Si](C)(C)C)CCNCC1. The molecule has 0 aromatic carbocycles. The molecule has 0 amide bonds. The Bertz CT molecular complexity index is 387. The highest BCUT2D eigenvalue weighted by atomic mass is 28.3. The van der Waals surface area contributed by atoms with Crippen molar-refractivity contribution in [2.24, 2.45) is 5.41 Å². The lowest BCUT2D eigenvalue weighted by atomic mass is 9.91. The van der Waals surface area contributed by atoms with Crippen LogP contribution in [0.2, 0.25) is 19.6 Å². The Balaban J connectivity index is 2.93. The Labute approximate surface area is 118 Å². The summed E-state index contributed by atoms with van der Waals surface area (Å²) in [7, 11) is -1.46. The monoisotopic (exact) mass is 281 g/mol. The van der Waals surface area contributed by atoms with Crippen molar-refractivity contribution in [2.75, 3.05) is 13.1 Å². The van der Waals surface area contributed by atoms with Crippen molar-refractivity contribution in [3.05, 3.63) is 0 Å². The predicted octanol–water partition coefficient (Wildman–Crippen LogP) is 2.58. The molecule has 0 saturated carbocycles. The fraction of sp³-hybridized carbons (Fsp3) is 0.800. The van der Waals surface area contributed by atoms with Gasteiger partial charge < -0.3 is 10.1 Å². The Morgan fingerprint density at radius 1 is 1.21 bits per heavy atom. The van der Waals surface area contributed by atoms with Crippen molar-refractivity contribution in [1.29, 1.82) is 0 Å². The summed E-state index contributed by atoms with van der Waals surface area (Å²) in [5.41, 5.74) is 2.33. The molecule has 0 aromatic rings. The second kappa shape index (κ2) is 5.68. The van der Waals surface area contributed by atoms with Crippen molar-refractivity contribution in [3.63, 3.8) is 0 Å². The van der Waals surface area contributed by atoms with Gasteiger partial charge in [0, 0.05) is 12.8 Å². The normalized spacial score (nSPS) is 19.3. The first-order valence-corrected chi connectivity index (χ1v) is 10.5. The molecule has 1 fully saturated rings. The molecule has 1 aliphatic rings. The van der Waals surface area contributed by atoms with E-state index in [4.69, 9.17) is 4.74 Å². The van der Waals surface area contributed by atoms with Gasteiger partial charge in [-0.25, -0.2) is 0 Å². The first-order chi connectivity index (χ1) is 8.54. The van der Waals surface area contributed by atoms with Crippen LogP contribution in [0.1, 0.15) is 33.6 Å². The molecule has 1 heterocycles. The summed E-state index contributed by atoms with van der Waals surface area (Å²) in [6.45, 7) is 14.0. The fourth-order valence-electron chi connectivity index (χ4n) is 1.72. The van der Waals surface area contributed by atoms with Gasteiger partial charge in [0.25, 0.3) is 0 Å². The van der Waals surface area contributed by atoms with E-state index in [0.717, 1.165) is 25.9 Å². The molecule has 0 spiro atoms. The first kappa shape index (κ1) is 16.3. The average molecular weight is 281 g/mol. The number of piperidine rings is 1. The third-order valence-electron chi connectivity index (χ3n) is 2.98. The van der Waals surface area contributed by atoms with Crippen LogP contribution >= 0.6 is 0 Å². The van der Waals surface area contributed by atoms with Crippen LogP contribution in [0.25, 0.3) is 0 Å². The first-order valence-electron chi connectivity index (χ1n) is 7.03. The van der Waals surface area contributed by atoms with Crippen molar-refractivity contribution in [3.8, 4) is 11.5 Å². The van der Waals surface area contributed by atoms with E-state index in [-0.39, 0.29) is 5.97 Å². The summed E-state index contributed by atoms with van der Waals surface area (Å²) in [6, 6.07) is 0. The minimum atomic E-state index is -1.46. The van der Waals surface area contributed by atoms with Crippen LogP contribution < -0.4 is 5.32 Å². The van der Waals surface area contributed by atoms with Gasteiger partial charge in [-0.2, -0.15) is 0 Å². The van der Waals surface area contributed by atoms with Gasteiger partial charge in [-0.15, -0.1) is 5.54 Å². The Hall–Kier alpha value is -0.793. The summed E-state index contributed by atoms with van der Waals surface area (Å²) in [5.74, 6) is 3.15. The fourth-order valence-corrected chi connectivity index (χ4v) is 2.32. The maximum absolute atomic E-state index is 12.2. The van der Waals surface area contributed by atoms with Crippen LogP contribution in [-0.4, -0.2) is 32.7 Å². The number of esters is 1. The zero-order chi connectivity index (χ0) is 14.7. The summed E-state index contributed by atoms with van der Waals surface area (Å²) in [5, 5.41) is 3.30. The number of ether oxygens (including phenoxy) is 1. The van der Waals surface area contributed by atoms with Crippen molar-refractivity contribution in [2.45, 2.75) is 58.9 Å². The Kier molecular flexibility index (Phi) is 4.86. The largest absolute Gasteiger partial charge is 0.445 e. The standard InChI is InChI=1S/C15H27NO2Si/c1-14(2,3)13(17)18-15(7-10-16-11-8-15)9-12-19(4,5)6/h16H,7-8,10-11H2,1-6H3. The molecule has 1 aliphatic heterocycles. The topological polar surface area (TPSA) is 38.3 Å². The number of hydrogen-bond donors (Lipinski definition) is 1. The predicted molar refractivity (Wildman–Crippen MR) is 81.5 cm³/mol. The van der Waals surface area contributed by atoms with E-state index >= 15 is 0 Å². The Morgan fingerprint density at radius 3 is 2.16 bits per heavy atom. The molecule has 0 bridgehead atoms. The van der Waals surface area contributed by atoms with Crippen molar-refractivity contribution >= 4 is 14.0 Å². The number of carbonyl (C=O) groups is 1. The van der Waals surface area contributed by atoms with E-state index in [9.17, 15) is 4.79 Å². The molecule has 4 heteroatoms. The van der Waals surface area contributed by atoms with Crippen molar-refractivity contribution < 1.29 is 9.53 Å². The van der Waals surface area contributed by atoms with Gasteiger partial charge in [0.1, 0.15) is 8.07 Å². The van der Waals surface area contributed by atoms with Gasteiger partial charge in [-0.05, 0) is 33.9 Å². The van der Waals surface area contributed by atoms with Crippen molar-refractivity contribution in [1.82, 2.24) is 5.32 Å². The number of hydrogen-bond acceptors (Lipinski definition) is 3. The molecule has 0 unspecified atom stereocenters. The van der Waals surface area contributed by atoms with Gasteiger partial charge in [-0.1, -0.05) is 25.6 Å². The molecule has 3 nitrogen and oxygen atoms in total. The zero-order valence-electron chi connectivity index (χ0n) is 13.1.